The summed E-state index contributed by atoms with van der Waals surface area (Å²) in [5, 5.41) is 5.23. The monoisotopic (exact) mass is 309 g/mol. The van der Waals surface area contributed by atoms with Gasteiger partial charge < -0.3 is 5.73 Å². The van der Waals surface area contributed by atoms with Crippen LogP contribution in [0.1, 0.15) is 24.6 Å². The summed E-state index contributed by atoms with van der Waals surface area (Å²) in [6.45, 7) is 2.09. The van der Waals surface area contributed by atoms with E-state index in [9.17, 15) is 0 Å². The van der Waals surface area contributed by atoms with Gasteiger partial charge in [0.1, 0.15) is 5.15 Å². The molecule has 1 heterocycles. The van der Waals surface area contributed by atoms with E-state index in [1.54, 1.807) is 16.4 Å². The molecule has 0 aliphatic carbocycles. The molecule has 0 bridgehead atoms. The molecule has 0 saturated carbocycles. The van der Waals surface area contributed by atoms with E-state index in [1.165, 1.54) is 4.90 Å². The summed E-state index contributed by atoms with van der Waals surface area (Å²) in [6, 6.07) is 10.5. The molecule has 0 spiro atoms. The molecule has 1 unspecified atom stereocenters. The Morgan fingerprint density at radius 3 is 2.70 bits per heavy atom. The Labute approximate surface area is 129 Å². The molecular weight excluding hydrogens is 290 g/mol. The molecule has 1 atom stereocenters. The molecule has 5 heteroatoms. The zero-order valence-electron chi connectivity index (χ0n) is 11.8. The number of hydrogen-bond acceptors (Lipinski definition) is 3. The molecule has 108 valence electrons. The summed E-state index contributed by atoms with van der Waals surface area (Å²) < 4.78 is 1.74. The van der Waals surface area contributed by atoms with Gasteiger partial charge in [-0.3, -0.25) is 4.68 Å². The average molecular weight is 310 g/mol. The normalized spacial score (nSPS) is 12.6. The van der Waals surface area contributed by atoms with Crippen molar-refractivity contribution in [2.75, 3.05) is 0 Å². The number of rotatable bonds is 6. The quantitative estimate of drug-likeness (QED) is 0.828. The minimum atomic E-state index is 0.136. The lowest BCUT2D eigenvalue weighted by Crippen LogP contribution is -2.21. The predicted molar refractivity (Wildman–Crippen MR) is 86.2 cm³/mol. The number of benzene rings is 1. The molecule has 2 N–H and O–H groups in total. The first-order valence-electron chi connectivity index (χ1n) is 6.75. The van der Waals surface area contributed by atoms with Gasteiger partial charge in [0.15, 0.2) is 0 Å². The lowest BCUT2D eigenvalue weighted by Gasteiger charge is -2.09. The Morgan fingerprint density at radius 1 is 1.35 bits per heavy atom. The first kappa shape index (κ1) is 15.4. The van der Waals surface area contributed by atoms with Crippen LogP contribution in [0.25, 0.3) is 0 Å². The van der Waals surface area contributed by atoms with E-state index in [0.29, 0.717) is 5.15 Å². The molecule has 2 aromatic rings. The third-order valence-electron chi connectivity index (χ3n) is 3.26. The summed E-state index contributed by atoms with van der Waals surface area (Å²) >= 11 is 8.10. The van der Waals surface area contributed by atoms with Crippen molar-refractivity contribution in [3.05, 3.63) is 46.7 Å². The molecule has 0 fully saturated rings. The maximum atomic E-state index is 6.33. The molecule has 0 aliphatic heterocycles. The molecule has 0 saturated heterocycles. The summed E-state index contributed by atoms with van der Waals surface area (Å²) in [5.74, 6) is 0.816. The maximum Gasteiger partial charge on any atom is 0.130 e. The second-order valence-electron chi connectivity index (χ2n) is 4.81. The van der Waals surface area contributed by atoms with Crippen LogP contribution in [-0.4, -0.2) is 15.8 Å². The fourth-order valence-electron chi connectivity index (χ4n) is 1.99. The number of aromatic nitrogens is 2. The van der Waals surface area contributed by atoms with Gasteiger partial charge in [-0.05, 0) is 25.0 Å². The van der Waals surface area contributed by atoms with Crippen LogP contribution in [0.5, 0.6) is 0 Å². The lowest BCUT2D eigenvalue weighted by atomic mass is 10.1. The van der Waals surface area contributed by atoms with E-state index in [1.807, 2.05) is 25.2 Å². The highest BCUT2D eigenvalue weighted by Crippen LogP contribution is 2.28. The molecule has 0 aliphatic rings. The van der Waals surface area contributed by atoms with Gasteiger partial charge in [-0.25, -0.2) is 0 Å². The van der Waals surface area contributed by atoms with Gasteiger partial charge in [-0.2, -0.15) is 5.10 Å². The van der Waals surface area contributed by atoms with Gasteiger partial charge in [0.2, 0.25) is 0 Å². The molecule has 1 aromatic carbocycles. The lowest BCUT2D eigenvalue weighted by molar-refractivity contribution is 0.644. The van der Waals surface area contributed by atoms with E-state index in [4.69, 9.17) is 17.3 Å². The van der Waals surface area contributed by atoms with Crippen LogP contribution < -0.4 is 5.73 Å². The number of halogens is 1. The Balaban J connectivity index is 2.12. The summed E-state index contributed by atoms with van der Waals surface area (Å²) in [4.78, 5) is 1.24. The van der Waals surface area contributed by atoms with Gasteiger partial charge in [-0.15, -0.1) is 11.8 Å². The smallest absolute Gasteiger partial charge is 0.130 e. The van der Waals surface area contributed by atoms with E-state index in [2.05, 4.69) is 24.2 Å². The van der Waals surface area contributed by atoms with Crippen molar-refractivity contribution >= 4 is 23.4 Å². The molecule has 3 nitrogen and oxygen atoms in total. The number of aryl methyl sites for hydroxylation is 1. The zero-order chi connectivity index (χ0) is 14.5. The number of hydrogen-bond donors (Lipinski definition) is 1. The van der Waals surface area contributed by atoms with Gasteiger partial charge >= 0.3 is 0 Å². The third-order valence-corrected chi connectivity index (χ3v) is 4.76. The molecule has 2 rings (SSSR count). The van der Waals surface area contributed by atoms with Crippen molar-refractivity contribution in [1.82, 2.24) is 9.78 Å². The number of nitrogens with two attached hydrogens (primary N) is 1. The van der Waals surface area contributed by atoms with E-state index < -0.39 is 0 Å². The van der Waals surface area contributed by atoms with Crippen molar-refractivity contribution < 1.29 is 0 Å². The standard InChI is InChI=1S/C15H20ClN3S/c1-3-11(17)9-13-14(18-19(2)15(13)16)10-20-12-7-5-4-6-8-12/h4-8,11H,3,9-10,17H2,1-2H3. The molecular formula is C15H20ClN3S. The average Bonchev–Trinajstić information content (AvgIpc) is 2.74. The summed E-state index contributed by atoms with van der Waals surface area (Å²) in [5.41, 5.74) is 8.18. The van der Waals surface area contributed by atoms with Crippen LogP contribution in [0, 0.1) is 0 Å². The fourth-order valence-corrected chi connectivity index (χ4v) is 3.10. The molecule has 0 radical (unpaired) electrons. The third kappa shape index (κ3) is 3.78. The van der Waals surface area contributed by atoms with Gasteiger partial charge in [-0.1, -0.05) is 36.7 Å². The summed E-state index contributed by atoms with van der Waals surface area (Å²) in [7, 11) is 1.87. The molecule has 1 aromatic heterocycles. The second-order valence-corrected chi connectivity index (χ2v) is 6.22. The van der Waals surface area contributed by atoms with Crippen molar-refractivity contribution in [2.45, 2.75) is 36.5 Å². The van der Waals surface area contributed by atoms with Crippen LogP contribution >= 0.6 is 23.4 Å². The van der Waals surface area contributed by atoms with Crippen molar-refractivity contribution in [3.63, 3.8) is 0 Å². The van der Waals surface area contributed by atoms with E-state index in [-0.39, 0.29) is 6.04 Å². The van der Waals surface area contributed by atoms with Gasteiger partial charge in [0.05, 0.1) is 5.69 Å². The summed E-state index contributed by atoms with van der Waals surface area (Å²) in [6.07, 6.45) is 1.73. The highest BCUT2D eigenvalue weighted by Gasteiger charge is 2.16. The fraction of sp³-hybridized carbons (Fsp3) is 0.400. The van der Waals surface area contributed by atoms with Gasteiger partial charge in [0.25, 0.3) is 0 Å². The first-order chi connectivity index (χ1) is 9.61. The number of nitrogens with zero attached hydrogens (tertiary/aromatic N) is 2. The van der Waals surface area contributed by atoms with Crippen LogP contribution in [0.4, 0.5) is 0 Å². The molecule has 0 amide bonds. The van der Waals surface area contributed by atoms with Crippen molar-refractivity contribution in [3.8, 4) is 0 Å². The van der Waals surface area contributed by atoms with Gasteiger partial charge in [0, 0.05) is 29.3 Å². The Hall–Kier alpha value is -0.970. The SMILES string of the molecule is CCC(N)Cc1c(CSc2ccccc2)nn(C)c1Cl. The van der Waals surface area contributed by atoms with Crippen molar-refractivity contribution in [1.29, 1.82) is 0 Å². The van der Waals surface area contributed by atoms with Crippen molar-refractivity contribution in [2.24, 2.45) is 12.8 Å². The van der Waals surface area contributed by atoms with Crippen LogP contribution in [0.3, 0.4) is 0 Å². The van der Waals surface area contributed by atoms with Crippen LogP contribution in [0.15, 0.2) is 35.2 Å². The minimum Gasteiger partial charge on any atom is -0.327 e. The highest BCUT2D eigenvalue weighted by molar-refractivity contribution is 7.98. The Bertz CT molecular complexity index is 554. The predicted octanol–water partition coefficient (Wildman–Crippen LogP) is 3.65. The minimum absolute atomic E-state index is 0.136. The topological polar surface area (TPSA) is 43.8 Å². The highest BCUT2D eigenvalue weighted by atomic mass is 35.5. The largest absolute Gasteiger partial charge is 0.327 e. The second kappa shape index (κ2) is 7.16. The number of thioether (sulfide) groups is 1. The van der Waals surface area contributed by atoms with E-state index in [0.717, 1.165) is 29.9 Å². The van der Waals surface area contributed by atoms with Crippen LogP contribution in [0.2, 0.25) is 5.15 Å². The molecule has 20 heavy (non-hydrogen) atoms. The maximum absolute atomic E-state index is 6.33. The van der Waals surface area contributed by atoms with E-state index >= 15 is 0 Å². The van der Waals surface area contributed by atoms with Crippen LogP contribution in [-0.2, 0) is 19.2 Å². The Morgan fingerprint density at radius 2 is 2.05 bits per heavy atom. The zero-order valence-corrected chi connectivity index (χ0v) is 13.4. The Kier molecular flexibility index (Phi) is 5.52. The first-order valence-corrected chi connectivity index (χ1v) is 8.11.